The molecule has 0 aliphatic carbocycles. The van der Waals surface area contributed by atoms with Gasteiger partial charge in [-0.15, -0.1) is 11.8 Å². The van der Waals surface area contributed by atoms with E-state index in [1.165, 1.54) is 6.07 Å². The predicted octanol–water partition coefficient (Wildman–Crippen LogP) is 1.99. The smallest absolute Gasteiger partial charge is 0.335 e. The highest BCUT2D eigenvalue weighted by atomic mass is 32.2. The molecule has 7 heteroatoms. The average molecular weight is 364 g/mol. The van der Waals surface area contributed by atoms with Gasteiger partial charge in [0.2, 0.25) is 11.8 Å². The van der Waals surface area contributed by atoms with Crippen molar-refractivity contribution >= 4 is 29.5 Å². The van der Waals surface area contributed by atoms with Gasteiger partial charge in [0.1, 0.15) is 6.04 Å². The Morgan fingerprint density at radius 2 is 2.04 bits per heavy atom. The van der Waals surface area contributed by atoms with Gasteiger partial charge < -0.3 is 15.3 Å². The van der Waals surface area contributed by atoms with Crippen LogP contribution in [0.25, 0.3) is 0 Å². The number of nitrogens with zero attached hydrogens (tertiary/aromatic N) is 1. The van der Waals surface area contributed by atoms with Crippen LogP contribution in [0.15, 0.2) is 24.3 Å². The number of hydrogen-bond acceptors (Lipinski definition) is 4. The summed E-state index contributed by atoms with van der Waals surface area (Å²) in [5.41, 5.74) is 0.855. The Hall–Kier alpha value is -2.02. The van der Waals surface area contributed by atoms with Crippen molar-refractivity contribution in [3.05, 3.63) is 35.4 Å². The summed E-state index contributed by atoms with van der Waals surface area (Å²) in [5.74, 6) is 0.230. The van der Waals surface area contributed by atoms with Gasteiger partial charge in [0.25, 0.3) is 0 Å². The third kappa shape index (κ3) is 5.22. The van der Waals surface area contributed by atoms with E-state index in [9.17, 15) is 19.5 Å². The summed E-state index contributed by atoms with van der Waals surface area (Å²) in [5, 5.41) is 12.1. The minimum absolute atomic E-state index is 0.113. The second-order valence-corrected chi connectivity index (χ2v) is 7.48. The molecule has 1 atom stereocenters. The van der Waals surface area contributed by atoms with Gasteiger partial charge in [0.05, 0.1) is 11.4 Å². The van der Waals surface area contributed by atoms with E-state index in [1.54, 1.807) is 34.9 Å². The third-order valence-electron chi connectivity index (χ3n) is 4.05. The van der Waals surface area contributed by atoms with Crippen LogP contribution in [0.2, 0.25) is 0 Å². The van der Waals surface area contributed by atoms with Gasteiger partial charge in [-0.05, 0) is 24.0 Å². The lowest BCUT2D eigenvalue weighted by molar-refractivity contribution is -0.138. The van der Waals surface area contributed by atoms with Crippen molar-refractivity contribution in [2.45, 2.75) is 32.7 Å². The van der Waals surface area contributed by atoms with Crippen LogP contribution in [-0.2, 0) is 16.0 Å². The van der Waals surface area contributed by atoms with Crippen LogP contribution < -0.4 is 5.32 Å². The maximum atomic E-state index is 12.5. The van der Waals surface area contributed by atoms with Crippen molar-refractivity contribution in [1.82, 2.24) is 10.2 Å². The number of aryl methyl sites for hydroxylation is 1. The molecule has 1 saturated heterocycles. The molecule has 0 spiro atoms. The summed E-state index contributed by atoms with van der Waals surface area (Å²) in [6, 6.07) is 6.25. The van der Waals surface area contributed by atoms with E-state index in [-0.39, 0.29) is 23.8 Å². The molecular formula is C18H24N2O4S. The number of nitrogens with one attached hydrogen (secondary N) is 1. The van der Waals surface area contributed by atoms with Gasteiger partial charge in [-0.2, -0.15) is 0 Å². The molecule has 0 saturated carbocycles. The molecule has 136 valence electrons. The zero-order valence-corrected chi connectivity index (χ0v) is 15.3. The molecule has 0 aromatic heterocycles. The topological polar surface area (TPSA) is 86.7 Å². The quantitative estimate of drug-likeness (QED) is 0.773. The Labute approximate surface area is 152 Å². The lowest BCUT2D eigenvalue weighted by Gasteiger charge is -2.23. The molecule has 1 aliphatic heterocycles. The Bertz CT molecular complexity index is 648. The molecular weight excluding hydrogens is 340 g/mol. The molecule has 0 radical (unpaired) electrons. The molecule has 1 fully saturated rings. The first-order valence-corrected chi connectivity index (χ1v) is 9.51. The summed E-state index contributed by atoms with van der Waals surface area (Å²) in [4.78, 5) is 37.7. The Morgan fingerprint density at radius 1 is 1.32 bits per heavy atom. The van der Waals surface area contributed by atoms with Gasteiger partial charge >= 0.3 is 5.97 Å². The summed E-state index contributed by atoms with van der Waals surface area (Å²) in [6.07, 6.45) is 0.543. The summed E-state index contributed by atoms with van der Waals surface area (Å²) >= 11 is 1.56. The standard InChI is InChI=1S/C18H24N2O4S/c1-12(2)9-19-17(22)15-10-25-11-20(15)16(21)8-7-13-5-3-4-6-14(13)18(23)24/h3-6,12,15H,7-11H2,1-2H3,(H,19,22)(H,23,24). The fourth-order valence-electron chi connectivity index (χ4n) is 2.66. The average Bonchev–Trinajstić information content (AvgIpc) is 3.07. The first-order valence-electron chi connectivity index (χ1n) is 8.36. The number of amides is 2. The lowest BCUT2D eigenvalue weighted by Crippen LogP contribution is -2.48. The molecule has 6 nitrogen and oxygen atoms in total. The Balaban J connectivity index is 1.96. The van der Waals surface area contributed by atoms with E-state index in [2.05, 4.69) is 5.32 Å². The van der Waals surface area contributed by atoms with Crippen LogP contribution in [-0.4, -0.2) is 52.0 Å². The molecule has 1 aliphatic rings. The van der Waals surface area contributed by atoms with Gasteiger partial charge in [0.15, 0.2) is 0 Å². The number of carbonyl (C=O) groups is 3. The van der Waals surface area contributed by atoms with Crippen molar-refractivity contribution in [2.24, 2.45) is 5.92 Å². The maximum Gasteiger partial charge on any atom is 0.335 e. The molecule has 1 heterocycles. The number of carbonyl (C=O) groups excluding carboxylic acids is 2. The van der Waals surface area contributed by atoms with Crippen LogP contribution in [0, 0.1) is 5.92 Å². The molecule has 0 bridgehead atoms. The number of carboxylic acid groups (broad SMARTS) is 1. The van der Waals surface area contributed by atoms with Crippen molar-refractivity contribution < 1.29 is 19.5 Å². The van der Waals surface area contributed by atoms with Crippen LogP contribution in [0.5, 0.6) is 0 Å². The molecule has 1 aromatic carbocycles. The highest BCUT2D eigenvalue weighted by Crippen LogP contribution is 2.23. The highest BCUT2D eigenvalue weighted by Gasteiger charge is 2.34. The van der Waals surface area contributed by atoms with Crippen molar-refractivity contribution in [3.8, 4) is 0 Å². The number of rotatable bonds is 7. The highest BCUT2D eigenvalue weighted by molar-refractivity contribution is 7.99. The van der Waals surface area contributed by atoms with Crippen molar-refractivity contribution in [2.75, 3.05) is 18.2 Å². The Kier molecular flexibility index (Phi) is 6.87. The number of thioether (sulfide) groups is 1. The Morgan fingerprint density at radius 3 is 2.72 bits per heavy atom. The van der Waals surface area contributed by atoms with E-state index in [0.717, 1.165) is 0 Å². The maximum absolute atomic E-state index is 12.5. The first-order chi connectivity index (χ1) is 11.9. The van der Waals surface area contributed by atoms with E-state index >= 15 is 0 Å². The molecule has 1 aromatic rings. The number of carboxylic acids is 1. The molecule has 2 rings (SSSR count). The van der Waals surface area contributed by atoms with Crippen molar-refractivity contribution in [1.29, 1.82) is 0 Å². The molecule has 1 unspecified atom stereocenters. The van der Waals surface area contributed by atoms with Crippen LogP contribution >= 0.6 is 11.8 Å². The van der Waals surface area contributed by atoms with Gasteiger partial charge in [-0.3, -0.25) is 9.59 Å². The normalized spacial score (nSPS) is 16.9. The van der Waals surface area contributed by atoms with Crippen LogP contribution in [0.1, 0.15) is 36.2 Å². The second kappa shape index (κ2) is 8.89. The minimum atomic E-state index is -0.995. The molecule has 25 heavy (non-hydrogen) atoms. The molecule has 2 N–H and O–H groups in total. The zero-order valence-electron chi connectivity index (χ0n) is 14.5. The molecule has 2 amide bonds. The summed E-state index contributed by atoms with van der Waals surface area (Å²) < 4.78 is 0. The van der Waals surface area contributed by atoms with Crippen LogP contribution in [0.3, 0.4) is 0 Å². The number of aromatic carboxylic acids is 1. The fraction of sp³-hybridized carbons (Fsp3) is 0.500. The SMILES string of the molecule is CC(C)CNC(=O)C1CSCN1C(=O)CCc1ccccc1C(=O)O. The minimum Gasteiger partial charge on any atom is -0.478 e. The fourth-order valence-corrected chi connectivity index (χ4v) is 3.84. The van der Waals surface area contributed by atoms with Gasteiger partial charge in [-0.25, -0.2) is 4.79 Å². The predicted molar refractivity (Wildman–Crippen MR) is 97.5 cm³/mol. The van der Waals surface area contributed by atoms with Gasteiger partial charge in [0, 0.05) is 18.7 Å². The van der Waals surface area contributed by atoms with E-state index < -0.39 is 12.0 Å². The monoisotopic (exact) mass is 364 g/mol. The van der Waals surface area contributed by atoms with Crippen molar-refractivity contribution in [3.63, 3.8) is 0 Å². The summed E-state index contributed by atoms with van der Waals surface area (Å²) in [7, 11) is 0. The number of benzene rings is 1. The van der Waals surface area contributed by atoms with E-state index in [1.807, 2.05) is 13.8 Å². The third-order valence-corrected chi connectivity index (χ3v) is 5.06. The van der Waals surface area contributed by atoms with E-state index in [0.29, 0.717) is 36.1 Å². The number of hydrogen-bond donors (Lipinski definition) is 2. The lowest BCUT2D eigenvalue weighted by atomic mass is 10.0. The first kappa shape index (κ1) is 19.3. The second-order valence-electron chi connectivity index (χ2n) is 6.48. The van der Waals surface area contributed by atoms with Crippen LogP contribution in [0.4, 0.5) is 0 Å². The zero-order chi connectivity index (χ0) is 18.4. The van der Waals surface area contributed by atoms with Gasteiger partial charge in [-0.1, -0.05) is 32.0 Å². The van der Waals surface area contributed by atoms with E-state index in [4.69, 9.17) is 0 Å². The summed E-state index contributed by atoms with van der Waals surface area (Å²) in [6.45, 7) is 4.63. The largest absolute Gasteiger partial charge is 0.478 e.